The van der Waals surface area contributed by atoms with Crippen molar-refractivity contribution in [2.45, 2.75) is 31.1 Å². The van der Waals surface area contributed by atoms with Gasteiger partial charge in [0.05, 0.1) is 10.6 Å². The number of amides is 1. The van der Waals surface area contributed by atoms with E-state index in [2.05, 4.69) is 21.2 Å². The molecule has 7 heteroatoms. The summed E-state index contributed by atoms with van der Waals surface area (Å²) in [6.07, 6.45) is 2.91. The van der Waals surface area contributed by atoms with Gasteiger partial charge < -0.3 is 5.32 Å². The van der Waals surface area contributed by atoms with Gasteiger partial charge in [-0.3, -0.25) is 4.79 Å². The Morgan fingerprint density at radius 2 is 2.05 bits per heavy atom. The third-order valence-electron chi connectivity index (χ3n) is 3.30. The molecule has 1 saturated carbocycles. The Morgan fingerprint density at radius 3 is 2.53 bits per heavy atom. The first kappa shape index (κ1) is 14.5. The van der Waals surface area contributed by atoms with Crippen LogP contribution in [0.5, 0.6) is 0 Å². The highest BCUT2D eigenvalue weighted by Gasteiger charge is 2.26. The van der Waals surface area contributed by atoms with E-state index in [1.54, 1.807) is 13.0 Å². The van der Waals surface area contributed by atoms with Gasteiger partial charge in [0.15, 0.2) is 0 Å². The number of aryl methyl sites for hydroxylation is 1. The van der Waals surface area contributed by atoms with Crippen molar-refractivity contribution in [3.63, 3.8) is 0 Å². The molecule has 1 aromatic rings. The number of carbonyl (C=O) groups excluding carboxylic acids is 1. The normalized spacial score (nSPS) is 15.9. The van der Waals surface area contributed by atoms with Gasteiger partial charge in [0.25, 0.3) is 0 Å². The van der Waals surface area contributed by atoms with Crippen molar-refractivity contribution in [1.82, 2.24) is 0 Å². The third kappa shape index (κ3) is 3.16. The van der Waals surface area contributed by atoms with Crippen LogP contribution in [0.1, 0.15) is 24.8 Å². The number of nitrogens with one attached hydrogen (secondary N) is 1. The average Bonchev–Trinajstić information content (AvgIpc) is 2.18. The predicted octanol–water partition coefficient (Wildman–Crippen LogP) is 2.14. The Hall–Kier alpha value is -0.920. The molecule has 104 valence electrons. The topological polar surface area (TPSA) is 89.3 Å². The van der Waals surface area contributed by atoms with E-state index in [0.717, 1.165) is 19.3 Å². The molecule has 0 aliphatic heterocycles. The highest BCUT2D eigenvalue weighted by molar-refractivity contribution is 9.10. The largest absolute Gasteiger partial charge is 0.325 e. The molecule has 1 amide bonds. The number of hydrogen-bond acceptors (Lipinski definition) is 3. The van der Waals surface area contributed by atoms with Crippen molar-refractivity contribution < 1.29 is 13.2 Å². The first-order chi connectivity index (χ1) is 8.79. The van der Waals surface area contributed by atoms with E-state index >= 15 is 0 Å². The minimum atomic E-state index is -3.75. The lowest BCUT2D eigenvalue weighted by Gasteiger charge is -2.24. The second kappa shape index (κ2) is 5.22. The fourth-order valence-electron chi connectivity index (χ4n) is 1.97. The first-order valence-corrected chi connectivity index (χ1v) is 8.27. The molecule has 0 unspecified atom stereocenters. The molecular formula is C12H15BrN2O3S. The van der Waals surface area contributed by atoms with Crippen molar-refractivity contribution in [1.29, 1.82) is 0 Å². The van der Waals surface area contributed by atoms with Crippen LogP contribution in [-0.2, 0) is 14.8 Å². The second-order valence-corrected chi connectivity index (χ2v) is 7.14. The minimum absolute atomic E-state index is 0.0188. The van der Waals surface area contributed by atoms with Gasteiger partial charge in [0, 0.05) is 10.4 Å². The summed E-state index contributed by atoms with van der Waals surface area (Å²) in [5.41, 5.74) is 1.08. The van der Waals surface area contributed by atoms with Gasteiger partial charge in [-0.2, -0.15) is 0 Å². The zero-order chi connectivity index (χ0) is 14.2. The van der Waals surface area contributed by atoms with Crippen LogP contribution < -0.4 is 10.5 Å². The molecule has 1 aromatic carbocycles. The van der Waals surface area contributed by atoms with Crippen molar-refractivity contribution in [3.8, 4) is 0 Å². The number of carbonyl (C=O) groups is 1. The molecule has 0 saturated heterocycles. The number of nitrogens with two attached hydrogens (primary N) is 1. The molecule has 3 N–H and O–H groups in total. The number of halogens is 1. The van der Waals surface area contributed by atoms with E-state index in [4.69, 9.17) is 5.14 Å². The predicted molar refractivity (Wildman–Crippen MR) is 76.2 cm³/mol. The van der Waals surface area contributed by atoms with Crippen LogP contribution in [0.25, 0.3) is 0 Å². The van der Waals surface area contributed by atoms with Gasteiger partial charge >= 0.3 is 0 Å². The van der Waals surface area contributed by atoms with Crippen LogP contribution in [-0.4, -0.2) is 14.3 Å². The average molecular weight is 347 g/mol. The molecule has 0 heterocycles. The van der Waals surface area contributed by atoms with Crippen molar-refractivity contribution in [2.24, 2.45) is 11.1 Å². The smallest absolute Gasteiger partial charge is 0.238 e. The number of anilines is 1. The number of hydrogen-bond donors (Lipinski definition) is 2. The minimum Gasteiger partial charge on any atom is -0.325 e. The Bertz CT molecular complexity index is 624. The van der Waals surface area contributed by atoms with Crippen LogP contribution >= 0.6 is 15.9 Å². The second-order valence-electron chi connectivity index (χ2n) is 4.76. The maximum absolute atomic E-state index is 11.9. The zero-order valence-electron chi connectivity index (χ0n) is 10.4. The Labute approximate surface area is 120 Å². The zero-order valence-corrected chi connectivity index (χ0v) is 12.8. The van der Waals surface area contributed by atoms with E-state index in [1.807, 2.05) is 0 Å². The summed E-state index contributed by atoms with van der Waals surface area (Å²) in [7, 11) is -3.75. The molecule has 0 aromatic heterocycles. The van der Waals surface area contributed by atoms with Gasteiger partial charge in [-0.1, -0.05) is 6.42 Å². The molecule has 5 nitrogen and oxygen atoms in total. The summed E-state index contributed by atoms with van der Waals surface area (Å²) in [5, 5.41) is 7.93. The third-order valence-corrected chi connectivity index (χ3v) is 5.01. The maximum atomic E-state index is 11.9. The van der Waals surface area contributed by atoms with Crippen LogP contribution in [0.3, 0.4) is 0 Å². The lowest BCUT2D eigenvalue weighted by Crippen LogP contribution is -2.28. The standard InChI is InChI=1S/C12H15BrN2O3S/c1-7-5-10(15-12(16)8-3-2-4-8)9(13)6-11(7)19(14,17)18/h5-6,8H,2-4H2,1H3,(H,15,16)(H2,14,17,18). The van der Waals surface area contributed by atoms with E-state index in [0.29, 0.717) is 15.7 Å². The fourth-order valence-corrected chi connectivity index (χ4v) is 3.35. The van der Waals surface area contributed by atoms with Crippen LogP contribution in [0, 0.1) is 12.8 Å². The maximum Gasteiger partial charge on any atom is 0.238 e. The van der Waals surface area contributed by atoms with E-state index in [-0.39, 0.29) is 16.7 Å². The molecule has 0 radical (unpaired) electrons. The van der Waals surface area contributed by atoms with Crippen LogP contribution in [0.4, 0.5) is 5.69 Å². The molecule has 0 bridgehead atoms. The summed E-state index contributed by atoms with van der Waals surface area (Å²) in [6.45, 7) is 1.64. The van der Waals surface area contributed by atoms with E-state index < -0.39 is 10.0 Å². The Kier molecular flexibility index (Phi) is 3.98. The lowest BCUT2D eigenvalue weighted by atomic mass is 9.85. The van der Waals surface area contributed by atoms with Gasteiger partial charge in [0.1, 0.15) is 0 Å². The van der Waals surface area contributed by atoms with E-state index in [9.17, 15) is 13.2 Å². The highest BCUT2D eigenvalue weighted by Crippen LogP contribution is 2.31. The summed E-state index contributed by atoms with van der Waals surface area (Å²) >= 11 is 3.26. The molecule has 1 aliphatic carbocycles. The number of benzene rings is 1. The first-order valence-electron chi connectivity index (χ1n) is 5.93. The van der Waals surface area contributed by atoms with Crippen LogP contribution in [0.15, 0.2) is 21.5 Å². The van der Waals surface area contributed by atoms with Crippen molar-refractivity contribution in [3.05, 3.63) is 22.2 Å². The van der Waals surface area contributed by atoms with Gasteiger partial charge in [-0.05, 0) is 53.4 Å². The Balaban J connectivity index is 2.28. The molecule has 0 atom stereocenters. The van der Waals surface area contributed by atoms with Crippen molar-refractivity contribution in [2.75, 3.05) is 5.32 Å². The quantitative estimate of drug-likeness (QED) is 0.878. The summed E-state index contributed by atoms with van der Waals surface area (Å²) in [4.78, 5) is 11.9. The molecule has 1 aliphatic rings. The monoisotopic (exact) mass is 346 g/mol. The number of rotatable bonds is 3. The SMILES string of the molecule is Cc1cc(NC(=O)C2CCC2)c(Br)cc1S(N)(=O)=O. The van der Waals surface area contributed by atoms with Gasteiger partial charge in [-0.25, -0.2) is 13.6 Å². The lowest BCUT2D eigenvalue weighted by molar-refractivity contribution is -0.122. The van der Waals surface area contributed by atoms with Gasteiger partial charge in [0.2, 0.25) is 15.9 Å². The molecule has 19 heavy (non-hydrogen) atoms. The summed E-state index contributed by atoms with van der Waals surface area (Å²) in [5.74, 6) is 0.0554. The molecule has 1 fully saturated rings. The number of sulfonamides is 1. The van der Waals surface area contributed by atoms with Crippen molar-refractivity contribution >= 4 is 37.5 Å². The highest BCUT2D eigenvalue weighted by atomic mass is 79.9. The molecule has 2 rings (SSSR count). The van der Waals surface area contributed by atoms with Gasteiger partial charge in [-0.15, -0.1) is 0 Å². The van der Waals surface area contributed by atoms with Crippen LogP contribution in [0.2, 0.25) is 0 Å². The summed E-state index contributed by atoms with van der Waals surface area (Å²) in [6, 6.07) is 3.03. The molecular weight excluding hydrogens is 332 g/mol. The number of primary sulfonamides is 1. The molecule has 0 spiro atoms. The fraction of sp³-hybridized carbons (Fsp3) is 0.417. The van der Waals surface area contributed by atoms with E-state index in [1.165, 1.54) is 6.07 Å². The Morgan fingerprint density at radius 1 is 1.42 bits per heavy atom. The summed E-state index contributed by atoms with van der Waals surface area (Å²) < 4.78 is 23.3.